The maximum absolute atomic E-state index is 4.34. The molecule has 0 N–H and O–H groups in total. The molecule has 0 aliphatic carbocycles. The third kappa shape index (κ3) is 4.69. The van der Waals surface area contributed by atoms with Crippen LogP contribution in [0.4, 0.5) is 0 Å². The van der Waals surface area contributed by atoms with Gasteiger partial charge in [-0.2, -0.15) is 0 Å². The molecular formula is C11H26N3Si. The van der Waals surface area contributed by atoms with Gasteiger partial charge >= 0.3 is 0 Å². The minimum Gasteiger partial charge on any atom is -0.349 e. The molecule has 1 unspecified atom stereocenters. The van der Waals surface area contributed by atoms with Crippen LogP contribution in [-0.4, -0.2) is 58.8 Å². The van der Waals surface area contributed by atoms with Gasteiger partial charge in [-0.15, -0.1) is 0 Å². The summed E-state index contributed by atoms with van der Waals surface area (Å²) in [6.45, 7) is 7.01. The van der Waals surface area contributed by atoms with Crippen molar-refractivity contribution in [3.8, 4) is 0 Å². The van der Waals surface area contributed by atoms with Gasteiger partial charge in [-0.1, -0.05) is 20.0 Å². The number of rotatable bonds is 4. The fourth-order valence-electron chi connectivity index (χ4n) is 1.86. The van der Waals surface area contributed by atoms with Crippen LogP contribution in [0.5, 0.6) is 0 Å². The van der Waals surface area contributed by atoms with Crippen molar-refractivity contribution in [3.63, 3.8) is 0 Å². The molecule has 0 aromatic rings. The zero-order valence-electron chi connectivity index (χ0n) is 11.3. The van der Waals surface area contributed by atoms with E-state index in [0.717, 1.165) is 5.96 Å². The first-order valence-corrected chi connectivity index (χ1v) is 8.30. The van der Waals surface area contributed by atoms with Crippen molar-refractivity contribution in [2.45, 2.75) is 38.5 Å². The zero-order valence-corrected chi connectivity index (χ0v) is 12.3. The monoisotopic (exact) mass is 228 g/mol. The van der Waals surface area contributed by atoms with Gasteiger partial charge in [0.25, 0.3) is 0 Å². The normalized spacial score (nSPS) is 14.3. The molecule has 0 aliphatic heterocycles. The molecular weight excluding hydrogens is 202 g/mol. The minimum atomic E-state index is -0.172. The van der Waals surface area contributed by atoms with Gasteiger partial charge in [0.1, 0.15) is 0 Å². The summed E-state index contributed by atoms with van der Waals surface area (Å²) in [4.78, 5) is 8.74. The van der Waals surface area contributed by atoms with Crippen molar-refractivity contribution in [3.05, 3.63) is 0 Å². The molecule has 0 heterocycles. The highest BCUT2D eigenvalue weighted by molar-refractivity contribution is 6.55. The molecule has 15 heavy (non-hydrogen) atoms. The van der Waals surface area contributed by atoms with Crippen LogP contribution in [0.1, 0.15) is 13.3 Å². The van der Waals surface area contributed by atoms with E-state index in [0.29, 0.717) is 6.04 Å². The van der Waals surface area contributed by atoms with Gasteiger partial charge in [-0.3, -0.25) is 4.99 Å². The summed E-state index contributed by atoms with van der Waals surface area (Å²) in [5.41, 5.74) is 0. The molecule has 1 radical (unpaired) electrons. The SMILES string of the molecule is CCC(C[Si](C)C)N(C)C(=NC)N(C)C. The van der Waals surface area contributed by atoms with E-state index in [4.69, 9.17) is 0 Å². The number of nitrogens with zero attached hydrogens (tertiary/aromatic N) is 3. The summed E-state index contributed by atoms with van der Waals surface area (Å²) in [5.74, 6) is 1.07. The van der Waals surface area contributed by atoms with E-state index in [1.54, 1.807) is 0 Å². The van der Waals surface area contributed by atoms with Gasteiger partial charge in [0.05, 0.1) is 0 Å². The van der Waals surface area contributed by atoms with Gasteiger partial charge in [0, 0.05) is 43.0 Å². The van der Waals surface area contributed by atoms with E-state index in [2.05, 4.69) is 56.0 Å². The molecule has 3 nitrogen and oxygen atoms in total. The van der Waals surface area contributed by atoms with Crippen LogP contribution in [-0.2, 0) is 0 Å². The lowest BCUT2D eigenvalue weighted by Gasteiger charge is -2.33. The predicted octanol–water partition coefficient (Wildman–Crippen LogP) is 2.00. The van der Waals surface area contributed by atoms with Crippen LogP contribution in [0.25, 0.3) is 0 Å². The van der Waals surface area contributed by atoms with E-state index >= 15 is 0 Å². The third-order valence-electron chi connectivity index (χ3n) is 2.58. The lowest BCUT2D eigenvalue weighted by molar-refractivity contribution is 0.336. The Bertz CT molecular complexity index is 202. The van der Waals surface area contributed by atoms with Crippen LogP contribution in [0.2, 0.25) is 19.1 Å². The second-order valence-electron chi connectivity index (χ2n) is 4.50. The zero-order chi connectivity index (χ0) is 12.0. The van der Waals surface area contributed by atoms with Crippen molar-refractivity contribution in [2.75, 3.05) is 28.2 Å². The number of hydrogen-bond donors (Lipinski definition) is 0. The Morgan fingerprint density at radius 1 is 1.27 bits per heavy atom. The highest BCUT2D eigenvalue weighted by Gasteiger charge is 2.18. The van der Waals surface area contributed by atoms with Crippen LogP contribution < -0.4 is 0 Å². The molecule has 4 heteroatoms. The summed E-state index contributed by atoms with van der Waals surface area (Å²) in [7, 11) is 7.95. The Labute approximate surface area is 96.8 Å². The number of aliphatic imine (C=N–C) groups is 1. The molecule has 0 fully saturated rings. The second kappa shape index (κ2) is 6.88. The first-order valence-electron chi connectivity index (χ1n) is 5.60. The molecule has 0 bridgehead atoms. The van der Waals surface area contributed by atoms with Gasteiger partial charge < -0.3 is 9.80 Å². The lowest BCUT2D eigenvalue weighted by Crippen LogP contribution is -2.44. The molecule has 1 atom stereocenters. The van der Waals surface area contributed by atoms with E-state index in [1.807, 2.05) is 7.05 Å². The molecule has 0 rings (SSSR count). The molecule has 0 spiro atoms. The first-order chi connectivity index (χ1) is 6.93. The third-order valence-corrected chi connectivity index (χ3v) is 3.87. The highest BCUT2D eigenvalue weighted by Crippen LogP contribution is 2.11. The van der Waals surface area contributed by atoms with Crippen molar-refractivity contribution < 1.29 is 0 Å². The summed E-state index contributed by atoms with van der Waals surface area (Å²) in [6, 6.07) is 1.96. The van der Waals surface area contributed by atoms with Gasteiger partial charge in [-0.25, -0.2) is 0 Å². The Morgan fingerprint density at radius 2 is 1.80 bits per heavy atom. The maximum atomic E-state index is 4.34. The smallest absolute Gasteiger partial charge is 0.195 e. The Morgan fingerprint density at radius 3 is 2.07 bits per heavy atom. The molecule has 0 aromatic heterocycles. The van der Waals surface area contributed by atoms with Crippen LogP contribution in [0, 0.1) is 0 Å². The van der Waals surface area contributed by atoms with E-state index in [-0.39, 0.29) is 8.80 Å². The summed E-state index contributed by atoms with van der Waals surface area (Å²) < 4.78 is 0. The van der Waals surface area contributed by atoms with Gasteiger partial charge in [0.2, 0.25) is 0 Å². The summed E-state index contributed by atoms with van der Waals surface area (Å²) >= 11 is 0. The highest BCUT2D eigenvalue weighted by atomic mass is 28.3. The lowest BCUT2D eigenvalue weighted by atomic mass is 10.2. The van der Waals surface area contributed by atoms with Crippen molar-refractivity contribution >= 4 is 14.8 Å². The van der Waals surface area contributed by atoms with Crippen LogP contribution in [0.15, 0.2) is 4.99 Å². The summed E-state index contributed by atoms with van der Waals surface area (Å²) in [5, 5.41) is 0. The molecule has 0 aliphatic rings. The Kier molecular flexibility index (Phi) is 6.64. The average Bonchev–Trinajstić information content (AvgIpc) is 2.14. The maximum Gasteiger partial charge on any atom is 0.195 e. The van der Waals surface area contributed by atoms with Gasteiger partial charge in [0.15, 0.2) is 5.96 Å². The topological polar surface area (TPSA) is 18.8 Å². The quantitative estimate of drug-likeness (QED) is 0.416. The average molecular weight is 228 g/mol. The predicted molar refractivity (Wildman–Crippen MR) is 71.2 cm³/mol. The molecule has 89 valence electrons. The van der Waals surface area contributed by atoms with Gasteiger partial charge in [-0.05, 0) is 12.5 Å². The molecule has 0 saturated heterocycles. The fraction of sp³-hybridized carbons (Fsp3) is 0.909. The van der Waals surface area contributed by atoms with E-state index < -0.39 is 0 Å². The molecule has 0 amide bonds. The molecule has 0 aromatic carbocycles. The van der Waals surface area contributed by atoms with Crippen molar-refractivity contribution in [1.29, 1.82) is 0 Å². The van der Waals surface area contributed by atoms with Crippen LogP contribution in [0.3, 0.4) is 0 Å². The standard InChI is InChI=1S/C11H26N3Si/c1-8-10(9-15(6)7)14(5)11(12-2)13(3)4/h10H,8-9H2,1-7H3. The van der Waals surface area contributed by atoms with Crippen molar-refractivity contribution in [2.24, 2.45) is 4.99 Å². The largest absolute Gasteiger partial charge is 0.349 e. The number of guanidine groups is 1. The molecule has 0 saturated carbocycles. The Hall–Kier alpha value is -0.513. The fourth-order valence-corrected chi connectivity index (χ4v) is 3.37. The van der Waals surface area contributed by atoms with E-state index in [1.165, 1.54) is 12.5 Å². The van der Waals surface area contributed by atoms with Crippen molar-refractivity contribution in [1.82, 2.24) is 9.80 Å². The van der Waals surface area contributed by atoms with Crippen LogP contribution >= 0.6 is 0 Å². The number of hydrogen-bond acceptors (Lipinski definition) is 1. The second-order valence-corrected chi connectivity index (χ2v) is 7.32. The minimum absolute atomic E-state index is 0.172. The van der Waals surface area contributed by atoms with E-state index in [9.17, 15) is 0 Å². The Balaban J connectivity index is 4.55. The summed E-state index contributed by atoms with van der Waals surface area (Å²) in [6.07, 6.45) is 1.19. The first kappa shape index (κ1) is 14.5.